The molecule has 7 nitrogen and oxygen atoms in total. The number of carbonyl (C=O) groups is 2. The molecule has 1 aliphatic rings. The molecule has 0 bridgehead atoms. The summed E-state index contributed by atoms with van der Waals surface area (Å²) in [5.41, 5.74) is 2.43. The molecule has 174 valence electrons. The molecule has 1 amide bonds. The van der Waals surface area contributed by atoms with E-state index in [1.807, 2.05) is 20.8 Å². The number of aliphatic hydroxyl groups excluding tert-OH is 1. The molecule has 2 heterocycles. The van der Waals surface area contributed by atoms with Crippen molar-refractivity contribution in [1.82, 2.24) is 4.98 Å². The first kappa shape index (κ1) is 23.0. The summed E-state index contributed by atoms with van der Waals surface area (Å²) in [7, 11) is 1.55. The van der Waals surface area contributed by atoms with E-state index in [9.17, 15) is 14.7 Å². The van der Waals surface area contributed by atoms with Crippen molar-refractivity contribution in [3.63, 3.8) is 0 Å². The highest BCUT2D eigenvalue weighted by Crippen LogP contribution is 2.42. The van der Waals surface area contributed by atoms with Gasteiger partial charge in [-0.15, -0.1) is 0 Å². The number of aliphatic hydroxyl groups is 1. The van der Waals surface area contributed by atoms with Gasteiger partial charge in [0.05, 0.1) is 24.8 Å². The van der Waals surface area contributed by atoms with Crippen LogP contribution >= 0.6 is 0 Å². The van der Waals surface area contributed by atoms with Crippen molar-refractivity contribution >= 4 is 23.1 Å². The molecule has 0 radical (unpaired) electrons. The number of hydrogen-bond acceptors (Lipinski definition) is 6. The van der Waals surface area contributed by atoms with Gasteiger partial charge in [0.25, 0.3) is 11.7 Å². The number of pyridine rings is 1. The van der Waals surface area contributed by atoms with E-state index in [1.54, 1.807) is 74.1 Å². The second-order valence-electron chi connectivity index (χ2n) is 8.29. The topological polar surface area (TPSA) is 89.0 Å². The van der Waals surface area contributed by atoms with Crippen molar-refractivity contribution < 1.29 is 24.2 Å². The van der Waals surface area contributed by atoms with E-state index in [-0.39, 0.29) is 17.4 Å². The van der Waals surface area contributed by atoms with Crippen LogP contribution in [-0.2, 0) is 9.59 Å². The molecule has 0 spiro atoms. The zero-order chi connectivity index (χ0) is 24.4. The molecule has 1 fully saturated rings. The van der Waals surface area contributed by atoms with Gasteiger partial charge in [-0.25, -0.2) is 0 Å². The van der Waals surface area contributed by atoms with Crippen LogP contribution < -0.4 is 14.4 Å². The summed E-state index contributed by atoms with van der Waals surface area (Å²) in [6, 6.07) is 14.7. The molecule has 1 N–H and O–H groups in total. The van der Waals surface area contributed by atoms with Crippen LogP contribution in [0.4, 0.5) is 5.69 Å². The number of nitrogens with zero attached hydrogens (tertiary/aromatic N) is 2. The van der Waals surface area contributed by atoms with E-state index in [4.69, 9.17) is 9.47 Å². The fourth-order valence-corrected chi connectivity index (χ4v) is 4.04. The van der Waals surface area contributed by atoms with E-state index >= 15 is 0 Å². The second kappa shape index (κ2) is 9.39. The summed E-state index contributed by atoms with van der Waals surface area (Å²) in [6.07, 6.45) is 3.18. The molecule has 1 aromatic heterocycles. The lowest BCUT2D eigenvalue weighted by Crippen LogP contribution is -2.29. The quantitative estimate of drug-likeness (QED) is 0.324. The first-order chi connectivity index (χ1) is 16.3. The van der Waals surface area contributed by atoms with Gasteiger partial charge in [-0.3, -0.25) is 19.5 Å². The zero-order valence-electron chi connectivity index (χ0n) is 19.5. The standard InChI is InChI=1S/C27H26N2O5/c1-16(2)34-22-10-5-19(15-17(22)3)25(30)23-24(18-11-13-28-14-12-18)29(27(32)26(23)31)20-6-8-21(33-4)9-7-20/h5-16,24,30H,1-4H3/b25-23-. The lowest BCUT2D eigenvalue weighted by molar-refractivity contribution is -0.132. The molecule has 0 aliphatic carbocycles. The van der Waals surface area contributed by atoms with Crippen LogP contribution in [0.3, 0.4) is 0 Å². The summed E-state index contributed by atoms with van der Waals surface area (Å²) in [5, 5.41) is 11.3. The molecular formula is C27H26N2O5. The first-order valence-corrected chi connectivity index (χ1v) is 10.9. The van der Waals surface area contributed by atoms with E-state index in [1.165, 1.54) is 4.90 Å². The fraction of sp³-hybridized carbons (Fsp3) is 0.222. The molecule has 1 saturated heterocycles. The van der Waals surface area contributed by atoms with Crippen LogP contribution in [0.15, 0.2) is 72.6 Å². The van der Waals surface area contributed by atoms with Crippen LogP contribution in [-0.4, -0.2) is 35.0 Å². The Morgan fingerprint density at radius 2 is 1.71 bits per heavy atom. The third kappa shape index (κ3) is 4.24. The fourth-order valence-electron chi connectivity index (χ4n) is 4.04. The molecule has 3 aromatic rings. The minimum absolute atomic E-state index is 0.000316. The largest absolute Gasteiger partial charge is 0.507 e. The summed E-state index contributed by atoms with van der Waals surface area (Å²) >= 11 is 0. The maximum Gasteiger partial charge on any atom is 0.300 e. The molecule has 7 heteroatoms. The lowest BCUT2D eigenvalue weighted by atomic mass is 9.95. The smallest absolute Gasteiger partial charge is 0.300 e. The summed E-state index contributed by atoms with van der Waals surface area (Å²) in [4.78, 5) is 31.9. The van der Waals surface area contributed by atoms with Gasteiger partial charge in [0, 0.05) is 23.6 Å². The van der Waals surface area contributed by atoms with Crippen molar-refractivity contribution in [2.24, 2.45) is 0 Å². The highest BCUT2D eigenvalue weighted by atomic mass is 16.5. The molecule has 4 rings (SSSR count). The third-order valence-electron chi connectivity index (χ3n) is 5.63. The van der Waals surface area contributed by atoms with E-state index in [0.717, 1.165) is 5.56 Å². The van der Waals surface area contributed by atoms with Gasteiger partial charge in [-0.1, -0.05) is 0 Å². The zero-order valence-corrected chi connectivity index (χ0v) is 19.5. The Morgan fingerprint density at radius 3 is 2.29 bits per heavy atom. The molecular weight excluding hydrogens is 432 g/mol. The average Bonchev–Trinajstić information content (AvgIpc) is 3.10. The van der Waals surface area contributed by atoms with Crippen molar-refractivity contribution in [2.75, 3.05) is 12.0 Å². The minimum Gasteiger partial charge on any atom is -0.507 e. The van der Waals surface area contributed by atoms with Crippen molar-refractivity contribution in [3.8, 4) is 11.5 Å². The molecule has 2 aromatic carbocycles. The summed E-state index contributed by atoms with van der Waals surface area (Å²) < 4.78 is 11.0. The number of benzene rings is 2. The normalized spacial score (nSPS) is 17.3. The van der Waals surface area contributed by atoms with E-state index in [0.29, 0.717) is 28.3 Å². The Hall–Kier alpha value is -4.13. The number of rotatable bonds is 6. The lowest BCUT2D eigenvalue weighted by Gasteiger charge is -2.25. The number of Topliss-reactive ketones (excluding diaryl/α,β-unsaturated/α-hetero) is 1. The number of ether oxygens (including phenoxy) is 2. The number of aryl methyl sites for hydroxylation is 1. The van der Waals surface area contributed by atoms with Crippen LogP contribution in [0, 0.1) is 6.92 Å². The Balaban J connectivity index is 1.86. The minimum atomic E-state index is -0.816. The Bertz CT molecular complexity index is 1250. The Morgan fingerprint density at radius 1 is 1.03 bits per heavy atom. The van der Waals surface area contributed by atoms with Crippen molar-refractivity contribution in [2.45, 2.75) is 32.9 Å². The SMILES string of the molecule is COc1ccc(N2C(=O)C(=O)/C(=C(\O)c3ccc(OC(C)C)c(C)c3)C2c2ccncc2)cc1. The van der Waals surface area contributed by atoms with E-state index < -0.39 is 17.7 Å². The maximum atomic E-state index is 13.2. The highest BCUT2D eigenvalue weighted by molar-refractivity contribution is 6.51. The van der Waals surface area contributed by atoms with Crippen molar-refractivity contribution in [1.29, 1.82) is 0 Å². The number of carbonyl (C=O) groups excluding carboxylic acids is 2. The highest BCUT2D eigenvalue weighted by Gasteiger charge is 2.47. The van der Waals surface area contributed by atoms with Gasteiger partial charge in [0.2, 0.25) is 0 Å². The van der Waals surface area contributed by atoms with Gasteiger partial charge >= 0.3 is 0 Å². The predicted octanol–water partition coefficient (Wildman–Crippen LogP) is 4.81. The molecule has 1 unspecified atom stereocenters. The number of aromatic nitrogens is 1. The third-order valence-corrected chi connectivity index (χ3v) is 5.63. The number of ketones is 1. The Kier molecular flexibility index (Phi) is 6.36. The maximum absolute atomic E-state index is 13.2. The summed E-state index contributed by atoms with van der Waals surface area (Å²) in [6.45, 7) is 5.73. The number of hydrogen-bond donors (Lipinski definition) is 1. The van der Waals surface area contributed by atoms with Crippen LogP contribution in [0.2, 0.25) is 0 Å². The average molecular weight is 459 g/mol. The summed E-state index contributed by atoms with van der Waals surface area (Å²) in [5.74, 6) is -0.397. The van der Waals surface area contributed by atoms with Crippen LogP contribution in [0.5, 0.6) is 11.5 Å². The Labute approximate surface area is 198 Å². The van der Waals surface area contributed by atoms with Crippen LogP contribution in [0.1, 0.15) is 36.6 Å². The first-order valence-electron chi connectivity index (χ1n) is 10.9. The van der Waals surface area contributed by atoms with Crippen molar-refractivity contribution in [3.05, 3.63) is 89.3 Å². The molecule has 34 heavy (non-hydrogen) atoms. The number of methoxy groups -OCH3 is 1. The number of anilines is 1. The predicted molar refractivity (Wildman–Crippen MR) is 129 cm³/mol. The van der Waals surface area contributed by atoms with E-state index in [2.05, 4.69) is 4.98 Å². The molecule has 0 saturated carbocycles. The number of amides is 1. The molecule has 1 aliphatic heterocycles. The van der Waals surface area contributed by atoms with Gasteiger partial charge in [0.15, 0.2) is 0 Å². The van der Waals surface area contributed by atoms with Gasteiger partial charge in [-0.05, 0) is 86.5 Å². The van der Waals surface area contributed by atoms with Crippen LogP contribution in [0.25, 0.3) is 5.76 Å². The van der Waals surface area contributed by atoms with Gasteiger partial charge in [0.1, 0.15) is 17.3 Å². The monoisotopic (exact) mass is 458 g/mol. The van der Waals surface area contributed by atoms with Gasteiger partial charge < -0.3 is 14.6 Å². The second-order valence-corrected chi connectivity index (χ2v) is 8.29. The molecule has 1 atom stereocenters. The van der Waals surface area contributed by atoms with Gasteiger partial charge in [-0.2, -0.15) is 0 Å².